The van der Waals surface area contributed by atoms with Gasteiger partial charge >= 0.3 is 5.97 Å². The number of rotatable bonds is 4. The number of hydrogen-bond acceptors (Lipinski definition) is 3. The number of amides is 1. The Morgan fingerprint density at radius 3 is 2.42 bits per heavy atom. The van der Waals surface area contributed by atoms with Gasteiger partial charge in [0.05, 0.1) is 12.0 Å². The van der Waals surface area contributed by atoms with E-state index in [1.807, 2.05) is 30.3 Å². The number of anilines is 1. The molecule has 2 N–H and O–H groups in total. The lowest BCUT2D eigenvalue weighted by Gasteiger charge is -2.04. The molecule has 0 unspecified atom stereocenters. The fraction of sp³-hybridized carbons (Fsp3) is 0.0714. The number of aromatic carboxylic acids is 1. The summed E-state index contributed by atoms with van der Waals surface area (Å²) in [4.78, 5) is 26.3. The van der Waals surface area contributed by atoms with E-state index in [9.17, 15) is 9.59 Å². The Labute approximate surface area is 109 Å². The van der Waals surface area contributed by atoms with Gasteiger partial charge in [-0.1, -0.05) is 30.3 Å². The SMILES string of the molecule is O=C(Cc1ccccc1)Nc1ccc(C(=O)O)cn1. The summed E-state index contributed by atoms with van der Waals surface area (Å²) in [5.41, 5.74) is 0.989. The Morgan fingerprint density at radius 1 is 1.11 bits per heavy atom. The molecule has 2 aromatic rings. The van der Waals surface area contributed by atoms with Gasteiger partial charge in [-0.25, -0.2) is 9.78 Å². The van der Waals surface area contributed by atoms with Crippen LogP contribution in [-0.2, 0) is 11.2 Å². The molecule has 0 fully saturated rings. The van der Waals surface area contributed by atoms with Crippen molar-refractivity contribution in [1.82, 2.24) is 4.98 Å². The molecule has 0 aliphatic carbocycles. The van der Waals surface area contributed by atoms with Crippen LogP contribution in [0.2, 0.25) is 0 Å². The maximum atomic E-state index is 11.7. The van der Waals surface area contributed by atoms with Crippen LogP contribution in [0.15, 0.2) is 48.7 Å². The zero-order chi connectivity index (χ0) is 13.7. The maximum absolute atomic E-state index is 11.7. The average molecular weight is 256 g/mol. The summed E-state index contributed by atoms with van der Waals surface area (Å²) in [6.07, 6.45) is 1.46. The molecule has 0 aliphatic heterocycles. The summed E-state index contributed by atoms with van der Waals surface area (Å²) >= 11 is 0. The van der Waals surface area contributed by atoms with Gasteiger partial charge in [-0.15, -0.1) is 0 Å². The number of benzene rings is 1. The van der Waals surface area contributed by atoms with Crippen LogP contribution < -0.4 is 5.32 Å². The first-order valence-electron chi connectivity index (χ1n) is 5.68. The predicted molar refractivity (Wildman–Crippen MR) is 70.0 cm³/mol. The maximum Gasteiger partial charge on any atom is 0.337 e. The molecule has 2 rings (SSSR count). The summed E-state index contributed by atoms with van der Waals surface area (Å²) in [5.74, 6) is -0.901. The van der Waals surface area contributed by atoms with Crippen LogP contribution in [0.4, 0.5) is 5.82 Å². The third-order valence-corrected chi connectivity index (χ3v) is 2.49. The molecule has 5 heteroatoms. The lowest BCUT2D eigenvalue weighted by Crippen LogP contribution is -2.15. The summed E-state index contributed by atoms with van der Waals surface area (Å²) in [5, 5.41) is 11.3. The Bertz CT molecular complexity index is 579. The van der Waals surface area contributed by atoms with E-state index in [2.05, 4.69) is 10.3 Å². The first kappa shape index (κ1) is 12.8. The molecule has 0 aliphatic rings. The fourth-order valence-electron chi connectivity index (χ4n) is 1.56. The monoisotopic (exact) mass is 256 g/mol. The molecule has 0 spiro atoms. The fourth-order valence-corrected chi connectivity index (χ4v) is 1.56. The van der Waals surface area contributed by atoms with Gasteiger partial charge < -0.3 is 10.4 Å². The van der Waals surface area contributed by atoms with E-state index in [1.54, 1.807) is 0 Å². The zero-order valence-corrected chi connectivity index (χ0v) is 10.0. The number of aromatic nitrogens is 1. The Kier molecular flexibility index (Phi) is 3.87. The van der Waals surface area contributed by atoms with Crippen LogP contribution in [0.3, 0.4) is 0 Å². The molecule has 1 amide bonds. The molecule has 1 aromatic heterocycles. The van der Waals surface area contributed by atoms with Crippen molar-refractivity contribution in [1.29, 1.82) is 0 Å². The van der Waals surface area contributed by atoms with Gasteiger partial charge in [0.25, 0.3) is 0 Å². The van der Waals surface area contributed by atoms with Crippen molar-refractivity contribution in [2.24, 2.45) is 0 Å². The van der Waals surface area contributed by atoms with E-state index in [-0.39, 0.29) is 17.9 Å². The number of nitrogens with one attached hydrogen (secondary N) is 1. The van der Waals surface area contributed by atoms with Gasteiger partial charge in [0.15, 0.2) is 0 Å². The minimum absolute atomic E-state index is 0.0843. The van der Waals surface area contributed by atoms with Crippen LogP contribution in [0.25, 0.3) is 0 Å². The highest BCUT2D eigenvalue weighted by Crippen LogP contribution is 2.06. The number of hydrogen-bond donors (Lipinski definition) is 2. The van der Waals surface area contributed by atoms with Crippen LogP contribution in [0, 0.1) is 0 Å². The average Bonchev–Trinajstić information content (AvgIpc) is 2.40. The molecule has 0 bridgehead atoms. The molecule has 1 heterocycles. The molecule has 0 saturated heterocycles. The molecule has 0 radical (unpaired) electrons. The Hall–Kier alpha value is -2.69. The molecule has 96 valence electrons. The summed E-state index contributed by atoms with van der Waals surface area (Å²) in [6.45, 7) is 0. The molecular weight excluding hydrogens is 244 g/mol. The van der Waals surface area contributed by atoms with Gasteiger partial charge in [0, 0.05) is 6.20 Å². The van der Waals surface area contributed by atoms with Crippen LogP contribution in [0.1, 0.15) is 15.9 Å². The second-order valence-electron chi connectivity index (χ2n) is 3.95. The smallest absolute Gasteiger partial charge is 0.337 e. The van der Waals surface area contributed by atoms with Crippen molar-refractivity contribution in [3.63, 3.8) is 0 Å². The highest BCUT2D eigenvalue weighted by atomic mass is 16.4. The highest BCUT2D eigenvalue weighted by Gasteiger charge is 2.06. The topological polar surface area (TPSA) is 79.3 Å². The summed E-state index contributed by atoms with van der Waals surface area (Å²) in [7, 11) is 0. The van der Waals surface area contributed by atoms with Gasteiger partial charge in [-0.2, -0.15) is 0 Å². The van der Waals surface area contributed by atoms with Gasteiger partial charge in [-0.05, 0) is 17.7 Å². The first-order chi connectivity index (χ1) is 9.15. The second kappa shape index (κ2) is 5.77. The molecule has 0 saturated carbocycles. The zero-order valence-electron chi connectivity index (χ0n) is 10.0. The van der Waals surface area contributed by atoms with E-state index in [1.165, 1.54) is 18.3 Å². The Balaban J connectivity index is 1.97. The third kappa shape index (κ3) is 3.64. The van der Waals surface area contributed by atoms with Crippen molar-refractivity contribution < 1.29 is 14.7 Å². The largest absolute Gasteiger partial charge is 0.478 e. The lowest BCUT2D eigenvalue weighted by molar-refractivity contribution is -0.115. The van der Waals surface area contributed by atoms with E-state index < -0.39 is 5.97 Å². The number of nitrogens with zero attached hydrogens (tertiary/aromatic N) is 1. The number of carboxylic acids is 1. The molecule has 1 aromatic carbocycles. The van der Waals surface area contributed by atoms with Gasteiger partial charge in [-0.3, -0.25) is 4.79 Å². The van der Waals surface area contributed by atoms with Gasteiger partial charge in [0.2, 0.25) is 5.91 Å². The van der Waals surface area contributed by atoms with Gasteiger partial charge in [0.1, 0.15) is 5.82 Å². The standard InChI is InChI=1S/C14H12N2O3/c17-13(8-10-4-2-1-3-5-10)16-12-7-6-11(9-15-12)14(18)19/h1-7,9H,8H2,(H,18,19)(H,15,16,17). The first-order valence-corrected chi connectivity index (χ1v) is 5.68. The van der Waals surface area contributed by atoms with Crippen molar-refractivity contribution in [3.8, 4) is 0 Å². The number of carbonyl (C=O) groups excluding carboxylic acids is 1. The van der Waals surface area contributed by atoms with E-state index in [0.717, 1.165) is 5.56 Å². The van der Waals surface area contributed by atoms with Crippen LogP contribution >= 0.6 is 0 Å². The molecule has 5 nitrogen and oxygen atoms in total. The van der Waals surface area contributed by atoms with Crippen molar-refractivity contribution in [2.75, 3.05) is 5.32 Å². The van der Waals surface area contributed by atoms with E-state index in [0.29, 0.717) is 5.82 Å². The third-order valence-electron chi connectivity index (χ3n) is 2.49. The highest BCUT2D eigenvalue weighted by molar-refractivity contribution is 5.92. The molecule has 19 heavy (non-hydrogen) atoms. The van der Waals surface area contributed by atoms with Crippen molar-refractivity contribution in [2.45, 2.75) is 6.42 Å². The predicted octanol–water partition coefficient (Wildman–Crippen LogP) is 1.96. The van der Waals surface area contributed by atoms with Crippen molar-refractivity contribution in [3.05, 3.63) is 59.8 Å². The number of carboxylic acid groups (broad SMARTS) is 1. The van der Waals surface area contributed by atoms with E-state index in [4.69, 9.17) is 5.11 Å². The summed E-state index contributed by atoms with van der Waals surface area (Å²) < 4.78 is 0. The second-order valence-corrected chi connectivity index (χ2v) is 3.95. The minimum atomic E-state index is -1.05. The van der Waals surface area contributed by atoms with Crippen molar-refractivity contribution >= 4 is 17.7 Å². The van der Waals surface area contributed by atoms with Crippen LogP contribution in [0.5, 0.6) is 0 Å². The quantitative estimate of drug-likeness (QED) is 0.876. The Morgan fingerprint density at radius 2 is 1.84 bits per heavy atom. The molecular formula is C14H12N2O3. The van der Waals surface area contributed by atoms with E-state index >= 15 is 0 Å². The molecule has 0 atom stereocenters. The minimum Gasteiger partial charge on any atom is -0.478 e. The summed E-state index contributed by atoms with van der Waals surface area (Å²) in [6, 6.07) is 12.2. The van der Waals surface area contributed by atoms with Crippen LogP contribution in [-0.4, -0.2) is 22.0 Å². The number of pyridine rings is 1. The number of carbonyl (C=O) groups is 2. The normalized spacial score (nSPS) is 9.89. The lowest BCUT2D eigenvalue weighted by atomic mass is 10.1.